The summed E-state index contributed by atoms with van der Waals surface area (Å²) in [6, 6.07) is 9.07. The fraction of sp³-hybridized carbons (Fsp3) is 0.235. The summed E-state index contributed by atoms with van der Waals surface area (Å²) < 4.78 is 13.4. The molecule has 20 heavy (non-hydrogen) atoms. The maximum absolute atomic E-state index is 13.4. The zero-order chi connectivity index (χ0) is 14.1. The van der Waals surface area contributed by atoms with E-state index in [1.54, 1.807) is 12.3 Å². The highest BCUT2D eigenvalue weighted by molar-refractivity contribution is 5.87. The van der Waals surface area contributed by atoms with Crippen LogP contribution in [0.15, 0.2) is 48.3 Å². The van der Waals surface area contributed by atoms with Gasteiger partial charge in [0, 0.05) is 24.5 Å². The van der Waals surface area contributed by atoms with Gasteiger partial charge in [-0.2, -0.15) is 0 Å². The van der Waals surface area contributed by atoms with Crippen LogP contribution in [0.25, 0.3) is 5.57 Å². The summed E-state index contributed by atoms with van der Waals surface area (Å²) in [5, 5.41) is 0. The third kappa shape index (κ3) is 2.37. The summed E-state index contributed by atoms with van der Waals surface area (Å²) >= 11 is 0. The Hall–Kier alpha value is -2.00. The Morgan fingerprint density at radius 3 is 2.80 bits per heavy atom. The van der Waals surface area contributed by atoms with Crippen LogP contribution in [0.1, 0.15) is 16.7 Å². The Morgan fingerprint density at radius 2 is 2.10 bits per heavy atom. The number of nitrogens with zero attached hydrogens (tertiary/aromatic N) is 2. The van der Waals surface area contributed by atoms with Crippen LogP contribution in [0.5, 0.6) is 0 Å². The molecule has 3 heteroatoms. The van der Waals surface area contributed by atoms with Crippen molar-refractivity contribution < 1.29 is 4.39 Å². The number of benzene rings is 1. The molecule has 1 aliphatic rings. The van der Waals surface area contributed by atoms with E-state index in [-0.39, 0.29) is 5.82 Å². The van der Waals surface area contributed by atoms with Gasteiger partial charge in [0.15, 0.2) is 0 Å². The second-order valence-electron chi connectivity index (χ2n) is 5.44. The minimum absolute atomic E-state index is 0.166. The maximum atomic E-state index is 13.4. The van der Waals surface area contributed by atoms with Crippen LogP contribution < -0.4 is 0 Å². The number of hydrogen-bond donors (Lipinski definition) is 0. The molecule has 1 aromatic carbocycles. The predicted octanol–water partition coefficient (Wildman–Crippen LogP) is 3.14. The average molecular weight is 268 g/mol. The van der Waals surface area contributed by atoms with Gasteiger partial charge in [-0.1, -0.05) is 12.1 Å². The van der Waals surface area contributed by atoms with E-state index in [1.165, 1.54) is 17.2 Å². The molecule has 102 valence electrons. The molecular formula is C17H17FN2. The quantitative estimate of drug-likeness (QED) is 0.850. The predicted molar refractivity (Wildman–Crippen MR) is 78.9 cm³/mol. The lowest BCUT2D eigenvalue weighted by molar-refractivity contribution is 0.443. The van der Waals surface area contributed by atoms with Gasteiger partial charge in [-0.3, -0.25) is 4.98 Å². The van der Waals surface area contributed by atoms with Gasteiger partial charge in [0.1, 0.15) is 5.82 Å². The third-order valence-electron chi connectivity index (χ3n) is 3.55. The SMILES string of the molecule is CN(C)CC1=C(c2cccnc2)c2ccc(F)cc2C1. The number of aromatic nitrogens is 1. The molecule has 1 aromatic heterocycles. The summed E-state index contributed by atoms with van der Waals surface area (Å²) in [6.45, 7) is 0.876. The van der Waals surface area contributed by atoms with E-state index < -0.39 is 0 Å². The van der Waals surface area contributed by atoms with Crippen molar-refractivity contribution >= 4 is 5.57 Å². The smallest absolute Gasteiger partial charge is 0.123 e. The van der Waals surface area contributed by atoms with Crippen LogP contribution in [0.2, 0.25) is 0 Å². The molecule has 0 saturated heterocycles. The van der Waals surface area contributed by atoms with Crippen molar-refractivity contribution in [3.63, 3.8) is 0 Å². The molecule has 2 aromatic rings. The molecule has 0 saturated carbocycles. The highest BCUT2D eigenvalue weighted by Crippen LogP contribution is 2.37. The van der Waals surface area contributed by atoms with Crippen LogP contribution in [-0.4, -0.2) is 30.5 Å². The van der Waals surface area contributed by atoms with Gasteiger partial charge >= 0.3 is 0 Å². The Kier molecular flexibility index (Phi) is 3.36. The van der Waals surface area contributed by atoms with Gasteiger partial charge < -0.3 is 4.90 Å². The van der Waals surface area contributed by atoms with Gasteiger partial charge in [0.25, 0.3) is 0 Å². The molecule has 2 nitrogen and oxygen atoms in total. The van der Waals surface area contributed by atoms with E-state index in [4.69, 9.17) is 0 Å². The first-order chi connectivity index (χ1) is 9.65. The van der Waals surface area contributed by atoms with Crippen LogP contribution in [0.4, 0.5) is 4.39 Å². The van der Waals surface area contributed by atoms with E-state index in [0.29, 0.717) is 0 Å². The number of fused-ring (bicyclic) bond motifs is 1. The monoisotopic (exact) mass is 268 g/mol. The van der Waals surface area contributed by atoms with Crippen LogP contribution in [0.3, 0.4) is 0 Å². The molecule has 0 N–H and O–H groups in total. The highest BCUT2D eigenvalue weighted by atomic mass is 19.1. The minimum atomic E-state index is -0.166. The molecular weight excluding hydrogens is 251 g/mol. The summed E-state index contributed by atoms with van der Waals surface area (Å²) in [5.74, 6) is -0.166. The highest BCUT2D eigenvalue weighted by Gasteiger charge is 2.23. The van der Waals surface area contributed by atoms with Gasteiger partial charge in [0.05, 0.1) is 0 Å². The first-order valence-electron chi connectivity index (χ1n) is 6.71. The first-order valence-corrected chi connectivity index (χ1v) is 6.71. The maximum Gasteiger partial charge on any atom is 0.123 e. The van der Waals surface area contributed by atoms with E-state index in [1.807, 2.05) is 18.3 Å². The number of hydrogen-bond acceptors (Lipinski definition) is 2. The van der Waals surface area contributed by atoms with E-state index in [2.05, 4.69) is 30.0 Å². The number of rotatable bonds is 3. The van der Waals surface area contributed by atoms with E-state index in [0.717, 1.165) is 29.7 Å². The molecule has 0 bridgehead atoms. The zero-order valence-corrected chi connectivity index (χ0v) is 11.7. The summed E-state index contributed by atoms with van der Waals surface area (Å²) in [7, 11) is 4.11. The molecule has 0 amide bonds. The van der Waals surface area contributed by atoms with Crippen molar-refractivity contribution in [3.05, 3.63) is 70.8 Å². The van der Waals surface area contributed by atoms with Crippen molar-refractivity contribution in [2.45, 2.75) is 6.42 Å². The van der Waals surface area contributed by atoms with Crippen LogP contribution in [-0.2, 0) is 6.42 Å². The molecule has 0 spiro atoms. The van der Waals surface area contributed by atoms with Gasteiger partial charge in [0.2, 0.25) is 0 Å². The molecule has 1 aliphatic carbocycles. The lowest BCUT2D eigenvalue weighted by Gasteiger charge is -2.13. The average Bonchev–Trinajstić information content (AvgIpc) is 2.75. The Morgan fingerprint density at radius 1 is 1.25 bits per heavy atom. The Balaban J connectivity index is 2.13. The summed E-state index contributed by atoms with van der Waals surface area (Å²) in [4.78, 5) is 6.36. The lowest BCUT2D eigenvalue weighted by atomic mass is 9.99. The fourth-order valence-corrected chi connectivity index (χ4v) is 2.85. The normalized spacial score (nSPS) is 14.0. The molecule has 3 rings (SSSR count). The molecule has 0 fully saturated rings. The standard InChI is InChI=1S/C17H17FN2/c1-20(2)11-14-8-13-9-15(18)5-6-16(13)17(14)12-4-3-7-19-10-12/h3-7,9-10H,8,11H2,1-2H3. The second-order valence-corrected chi connectivity index (χ2v) is 5.44. The third-order valence-corrected chi connectivity index (χ3v) is 3.55. The largest absolute Gasteiger partial charge is 0.305 e. The molecule has 0 unspecified atom stereocenters. The molecule has 1 heterocycles. The zero-order valence-electron chi connectivity index (χ0n) is 11.7. The number of halogens is 1. The summed E-state index contributed by atoms with van der Waals surface area (Å²) in [6.07, 6.45) is 4.47. The lowest BCUT2D eigenvalue weighted by Crippen LogP contribution is -2.15. The van der Waals surface area contributed by atoms with Gasteiger partial charge in [-0.15, -0.1) is 0 Å². The van der Waals surface area contributed by atoms with Gasteiger partial charge in [-0.25, -0.2) is 4.39 Å². The van der Waals surface area contributed by atoms with E-state index in [9.17, 15) is 4.39 Å². The fourth-order valence-electron chi connectivity index (χ4n) is 2.85. The number of likely N-dealkylation sites (N-methyl/N-ethyl adjacent to an activating group) is 1. The van der Waals surface area contributed by atoms with E-state index >= 15 is 0 Å². The van der Waals surface area contributed by atoms with Crippen molar-refractivity contribution in [2.75, 3.05) is 20.6 Å². The minimum Gasteiger partial charge on any atom is -0.305 e. The van der Waals surface area contributed by atoms with Crippen molar-refractivity contribution in [1.82, 2.24) is 9.88 Å². The summed E-state index contributed by atoms with van der Waals surface area (Å²) in [5.41, 5.74) is 5.84. The molecule has 0 aliphatic heterocycles. The topological polar surface area (TPSA) is 16.1 Å². The molecule has 0 atom stereocenters. The van der Waals surface area contributed by atoms with Crippen LogP contribution in [0, 0.1) is 5.82 Å². The number of pyridine rings is 1. The molecule has 0 radical (unpaired) electrons. The van der Waals surface area contributed by atoms with Crippen molar-refractivity contribution in [2.24, 2.45) is 0 Å². The van der Waals surface area contributed by atoms with Crippen molar-refractivity contribution in [1.29, 1.82) is 0 Å². The van der Waals surface area contributed by atoms with Crippen molar-refractivity contribution in [3.8, 4) is 0 Å². The van der Waals surface area contributed by atoms with Crippen LogP contribution >= 0.6 is 0 Å². The first kappa shape index (κ1) is 13.0. The second kappa shape index (κ2) is 5.17. The Bertz CT molecular complexity index is 660. The Labute approximate surface area is 118 Å². The van der Waals surface area contributed by atoms with Gasteiger partial charge in [-0.05, 0) is 61.0 Å².